The highest BCUT2D eigenvalue weighted by molar-refractivity contribution is 5.94. The van der Waals surface area contributed by atoms with Gasteiger partial charge in [-0.25, -0.2) is 4.79 Å². The molecule has 0 spiro atoms. The van der Waals surface area contributed by atoms with Gasteiger partial charge in [-0.05, 0) is 25.0 Å². The molecule has 0 aliphatic rings. The number of aromatic nitrogens is 1. The minimum atomic E-state index is -1.07. The van der Waals surface area contributed by atoms with Crippen LogP contribution in [0.2, 0.25) is 0 Å². The van der Waals surface area contributed by atoms with Gasteiger partial charge in [0.25, 0.3) is 5.91 Å². The zero-order chi connectivity index (χ0) is 13.4. The van der Waals surface area contributed by atoms with Gasteiger partial charge in [0, 0.05) is 12.6 Å². The standard InChI is InChI=1S/C13H14N2O3/c1-2-3-4-8-11(13(17)18)15-12(16)10-7-5-6-9-14-10/h1,5-7,9,11H,3-4,8H2,(H,15,16)(H,17,18)/t11-/m1/s1. The first-order valence-corrected chi connectivity index (χ1v) is 5.53. The van der Waals surface area contributed by atoms with E-state index in [2.05, 4.69) is 16.2 Å². The largest absolute Gasteiger partial charge is 0.480 e. The first-order valence-electron chi connectivity index (χ1n) is 5.53. The highest BCUT2D eigenvalue weighted by Gasteiger charge is 2.20. The van der Waals surface area contributed by atoms with E-state index in [0.717, 1.165) is 0 Å². The van der Waals surface area contributed by atoms with Crippen molar-refractivity contribution in [3.8, 4) is 12.3 Å². The smallest absolute Gasteiger partial charge is 0.326 e. The van der Waals surface area contributed by atoms with E-state index in [1.54, 1.807) is 12.1 Å². The van der Waals surface area contributed by atoms with Gasteiger partial charge in [-0.15, -0.1) is 12.3 Å². The summed E-state index contributed by atoms with van der Waals surface area (Å²) in [5, 5.41) is 11.4. The minimum Gasteiger partial charge on any atom is -0.480 e. The van der Waals surface area contributed by atoms with E-state index < -0.39 is 17.9 Å². The summed E-state index contributed by atoms with van der Waals surface area (Å²) in [6, 6.07) is 3.93. The Morgan fingerprint density at radius 1 is 1.50 bits per heavy atom. The molecule has 0 fully saturated rings. The molecule has 1 heterocycles. The summed E-state index contributed by atoms with van der Waals surface area (Å²) in [7, 11) is 0. The molecule has 0 saturated heterocycles. The Morgan fingerprint density at radius 3 is 2.83 bits per heavy atom. The normalized spacial score (nSPS) is 11.3. The number of carboxylic acid groups (broad SMARTS) is 1. The molecule has 0 aliphatic heterocycles. The number of carbonyl (C=O) groups is 2. The molecule has 1 aromatic rings. The topological polar surface area (TPSA) is 79.3 Å². The lowest BCUT2D eigenvalue weighted by Gasteiger charge is -2.13. The molecule has 0 aromatic carbocycles. The summed E-state index contributed by atoms with van der Waals surface area (Å²) in [5.74, 6) is 0.860. The molecule has 0 bridgehead atoms. The first-order chi connectivity index (χ1) is 8.65. The Hall–Kier alpha value is -2.35. The van der Waals surface area contributed by atoms with E-state index in [9.17, 15) is 9.59 Å². The van der Waals surface area contributed by atoms with Crippen LogP contribution in [0.15, 0.2) is 24.4 Å². The Bertz CT molecular complexity index is 451. The average molecular weight is 246 g/mol. The molecule has 1 aromatic heterocycles. The molecule has 1 amide bonds. The molecule has 5 nitrogen and oxygen atoms in total. The maximum Gasteiger partial charge on any atom is 0.326 e. The van der Waals surface area contributed by atoms with Crippen molar-refractivity contribution in [2.45, 2.75) is 25.3 Å². The minimum absolute atomic E-state index is 0.195. The lowest BCUT2D eigenvalue weighted by molar-refractivity contribution is -0.139. The van der Waals surface area contributed by atoms with E-state index in [1.165, 1.54) is 12.3 Å². The van der Waals surface area contributed by atoms with Gasteiger partial charge < -0.3 is 10.4 Å². The van der Waals surface area contributed by atoms with Crippen LogP contribution in [0.4, 0.5) is 0 Å². The number of aliphatic carboxylic acids is 1. The Morgan fingerprint density at radius 2 is 2.28 bits per heavy atom. The monoisotopic (exact) mass is 246 g/mol. The Labute approximate surface area is 105 Å². The Kier molecular flexibility index (Phi) is 5.39. The van der Waals surface area contributed by atoms with Crippen LogP contribution in [-0.4, -0.2) is 28.0 Å². The van der Waals surface area contributed by atoms with Crippen LogP contribution in [0.3, 0.4) is 0 Å². The van der Waals surface area contributed by atoms with Crippen LogP contribution >= 0.6 is 0 Å². The summed E-state index contributed by atoms with van der Waals surface area (Å²) in [6.45, 7) is 0. The van der Waals surface area contributed by atoms with E-state index in [4.69, 9.17) is 11.5 Å². The first kappa shape index (κ1) is 13.7. The van der Waals surface area contributed by atoms with Gasteiger partial charge in [-0.1, -0.05) is 6.07 Å². The van der Waals surface area contributed by atoms with E-state index >= 15 is 0 Å². The lowest BCUT2D eigenvalue weighted by atomic mass is 10.1. The third kappa shape index (κ3) is 4.26. The quantitative estimate of drug-likeness (QED) is 0.581. The third-order valence-corrected chi connectivity index (χ3v) is 2.31. The van der Waals surface area contributed by atoms with Gasteiger partial charge in [0.2, 0.25) is 0 Å². The van der Waals surface area contributed by atoms with Gasteiger partial charge in [0.1, 0.15) is 11.7 Å². The van der Waals surface area contributed by atoms with Gasteiger partial charge in [-0.3, -0.25) is 9.78 Å². The number of terminal acetylenes is 1. The zero-order valence-corrected chi connectivity index (χ0v) is 9.80. The number of hydrogen-bond donors (Lipinski definition) is 2. The maximum absolute atomic E-state index is 11.7. The number of carbonyl (C=O) groups excluding carboxylic acids is 1. The number of carboxylic acids is 1. The maximum atomic E-state index is 11.7. The fourth-order valence-corrected chi connectivity index (χ4v) is 1.39. The van der Waals surface area contributed by atoms with E-state index in [-0.39, 0.29) is 5.69 Å². The number of nitrogens with zero attached hydrogens (tertiary/aromatic N) is 1. The molecule has 94 valence electrons. The second kappa shape index (κ2) is 7.07. The number of unbranched alkanes of at least 4 members (excludes halogenated alkanes) is 1. The number of pyridine rings is 1. The number of nitrogens with one attached hydrogen (secondary N) is 1. The van der Waals surface area contributed by atoms with Crippen molar-refractivity contribution in [2.75, 3.05) is 0 Å². The number of rotatable bonds is 6. The second-order valence-electron chi connectivity index (χ2n) is 3.68. The van der Waals surface area contributed by atoms with Crippen LogP contribution < -0.4 is 5.32 Å². The van der Waals surface area contributed by atoms with Crippen molar-refractivity contribution in [3.63, 3.8) is 0 Å². The average Bonchev–Trinajstić information content (AvgIpc) is 2.38. The summed E-state index contributed by atoms with van der Waals surface area (Å²) < 4.78 is 0. The van der Waals surface area contributed by atoms with Gasteiger partial charge in [-0.2, -0.15) is 0 Å². The van der Waals surface area contributed by atoms with Crippen molar-refractivity contribution in [1.82, 2.24) is 10.3 Å². The highest BCUT2D eigenvalue weighted by atomic mass is 16.4. The fourth-order valence-electron chi connectivity index (χ4n) is 1.39. The molecular formula is C13H14N2O3. The molecule has 5 heteroatoms. The molecule has 0 aliphatic carbocycles. The SMILES string of the molecule is C#CCCC[C@@H](NC(=O)c1ccccn1)C(=O)O. The molecule has 0 radical (unpaired) electrons. The lowest BCUT2D eigenvalue weighted by Crippen LogP contribution is -2.41. The second-order valence-corrected chi connectivity index (χ2v) is 3.68. The third-order valence-electron chi connectivity index (χ3n) is 2.31. The van der Waals surface area contributed by atoms with Crippen LogP contribution in [0.1, 0.15) is 29.8 Å². The van der Waals surface area contributed by atoms with Gasteiger partial charge >= 0.3 is 5.97 Å². The van der Waals surface area contributed by atoms with Crippen molar-refractivity contribution in [2.24, 2.45) is 0 Å². The molecule has 0 unspecified atom stereocenters. The van der Waals surface area contributed by atoms with E-state index in [0.29, 0.717) is 19.3 Å². The fraction of sp³-hybridized carbons (Fsp3) is 0.308. The highest BCUT2D eigenvalue weighted by Crippen LogP contribution is 2.02. The van der Waals surface area contributed by atoms with Crippen LogP contribution in [-0.2, 0) is 4.79 Å². The summed E-state index contributed by atoms with van der Waals surface area (Å²) in [6.07, 6.45) is 7.91. The molecule has 2 N–H and O–H groups in total. The van der Waals surface area contributed by atoms with Crippen LogP contribution in [0.25, 0.3) is 0 Å². The van der Waals surface area contributed by atoms with Crippen molar-refractivity contribution < 1.29 is 14.7 Å². The molecule has 18 heavy (non-hydrogen) atoms. The number of hydrogen-bond acceptors (Lipinski definition) is 3. The van der Waals surface area contributed by atoms with Crippen molar-refractivity contribution >= 4 is 11.9 Å². The van der Waals surface area contributed by atoms with Crippen molar-refractivity contribution in [3.05, 3.63) is 30.1 Å². The zero-order valence-electron chi connectivity index (χ0n) is 9.80. The van der Waals surface area contributed by atoms with Crippen LogP contribution in [0, 0.1) is 12.3 Å². The summed E-state index contributed by atoms with van der Waals surface area (Å²) in [5.41, 5.74) is 0.195. The van der Waals surface area contributed by atoms with E-state index in [1.807, 2.05) is 0 Å². The predicted octanol–water partition coefficient (Wildman–Crippen LogP) is 1.07. The molecular weight excluding hydrogens is 232 g/mol. The van der Waals surface area contributed by atoms with Crippen molar-refractivity contribution in [1.29, 1.82) is 0 Å². The summed E-state index contributed by atoms with van der Waals surface area (Å²) >= 11 is 0. The Balaban J connectivity index is 2.59. The van der Waals surface area contributed by atoms with Crippen LogP contribution in [0.5, 0.6) is 0 Å². The summed E-state index contributed by atoms with van der Waals surface area (Å²) in [4.78, 5) is 26.5. The number of amides is 1. The van der Waals surface area contributed by atoms with Gasteiger partial charge in [0.05, 0.1) is 0 Å². The molecule has 0 saturated carbocycles. The molecule has 1 rings (SSSR count). The molecule has 1 atom stereocenters. The predicted molar refractivity (Wildman–Crippen MR) is 65.8 cm³/mol. The van der Waals surface area contributed by atoms with Gasteiger partial charge in [0.15, 0.2) is 0 Å².